The van der Waals surface area contributed by atoms with Crippen molar-refractivity contribution >= 4 is 46.8 Å². The number of morpholine rings is 3. The maximum atomic E-state index is 10.5. The van der Waals surface area contributed by atoms with E-state index in [2.05, 4.69) is 35.0 Å². The van der Waals surface area contributed by atoms with Gasteiger partial charge in [-0.3, -0.25) is 25.0 Å². The van der Waals surface area contributed by atoms with Gasteiger partial charge in [-0.1, -0.05) is 11.6 Å². The standard InChI is InChI=1S/C10H11N3O3.C10H13N3O.C5H3ClN2O2.C5H9NO.CH2O3.2K.H/c14-13(15)7-1-2-10(11-4-7)12-5-9-3-8(12)6-16-9;11-7-1-2-10(12-4-7)13-5-9-3-8(13)6-14-9;6-5-2-1-4(3-7-5)8(9)10;1-4-3-7-5(1)2-6-4;2-1-4-3;;;/h1-2,4,8-9H,3,5-6H2;1-2,4,8-9H,3,5-6,11H2;1-3H;4-6H,1-3H2;1,3H;;;/q;;;;;2*+1;-1/p-1/t2*8-,9+;;4-,5+;;;;/m00.0..../s1. The second-order valence-electron chi connectivity index (χ2n) is 12.2. The second-order valence-corrected chi connectivity index (χ2v) is 12.5. The molecule has 9 heterocycles. The normalized spacial score (nSPS) is 24.6. The first-order chi connectivity index (χ1) is 24.6. The van der Waals surface area contributed by atoms with Crippen LogP contribution in [0.2, 0.25) is 5.15 Å². The van der Waals surface area contributed by atoms with Gasteiger partial charge in [0.05, 0.1) is 71.9 Å². The molecule has 3 aromatic heterocycles. The molecule has 0 unspecified atom stereocenters. The maximum Gasteiger partial charge on any atom is 1.00 e. The van der Waals surface area contributed by atoms with Crippen LogP contribution < -0.4 is 129 Å². The van der Waals surface area contributed by atoms with Crippen molar-refractivity contribution in [1.29, 1.82) is 0 Å². The molecule has 0 aromatic carbocycles. The SMILES string of the molecule is C1O[C@H]2CN[C@H]1C2.Nc1ccc(N2C[C@H]3C[C@H]2CO3)nc1.O=CO[O-].O=[N+]([O-])c1ccc(Cl)nc1.O=[N+]([O-])c1ccc(N2C[C@H]3C[C@H]2CO3)nc1.[H-].[K+].[K+]. The van der Waals surface area contributed by atoms with Gasteiger partial charge >= 0.3 is 103 Å². The van der Waals surface area contributed by atoms with Crippen LogP contribution in [0.5, 0.6) is 0 Å². The number of hydrogen-bond acceptors (Lipinski definition) is 17. The number of nitrogens with zero attached hydrogens (tertiary/aromatic N) is 7. The van der Waals surface area contributed by atoms with Crippen LogP contribution in [-0.2, 0) is 23.9 Å². The summed E-state index contributed by atoms with van der Waals surface area (Å²) < 4.78 is 16.3. The van der Waals surface area contributed by atoms with Gasteiger partial charge in [-0.05, 0) is 43.5 Å². The van der Waals surface area contributed by atoms with Crippen LogP contribution in [0.4, 0.5) is 28.7 Å². The Labute approximate surface area is 396 Å². The van der Waals surface area contributed by atoms with E-state index in [9.17, 15) is 20.2 Å². The summed E-state index contributed by atoms with van der Waals surface area (Å²) in [5, 5.41) is 32.5. The zero-order valence-corrected chi connectivity index (χ0v) is 36.3. The summed E-state index contributed by atoms with van der Waals surface area (Å²) in [6.45, 7) is 5.26. The van der Waals surface area contributed by atoms with Crippen LogP contribution in [0.3, 0.4) is 0 Å². The summed E-state index contributed by atoms with van der Waals surface area (Å²) in [7, 11) is 0. The van der Waals surface area contributed by atoms with Gasteiger partial charge in [-0.25, -0.2) is 15.0 Å². The van der Waals surface area contributed by atoms with E-state index in [0.717, 1.165) is 70.1 Å². The van der Waals surface area contributed by atoms with Crippen molar-refractivity contribution in [1.82, 2.24) is 20.3 Å². The number of halogens is 1. The molecule has 53 heavy (non-hydrogen) atoms. The fourth-order valence-electron chi connectivity index (χ4n) is 6.35. The number of anilines is 3. The first-order valence-electron chi connectivity index (χ1n) is 16.0. The molecule has 9 rings (SSSR count). The van der Waals surface area contributed by atoms with Crippen molar-refractivity contribution in [2.24, 2.45) is 0 Å². The van der Waals surface area contributed by atoms with E-state index >= 15 is 0 Å². The Balaban J connectivity index is 0.000000244. The summed E-state index contributed by atoms with van der Waals surface area (Å²) in [4.78, 5) is 47.3. The molecular formula is C31H38ClK2N9O10. The molecule has 0 spiro atoms. The Morgan fingerprint density at radius 3 is 1.60 bits per heavy atom. The van der Waals surface area contributed by atoms with Crippen molar-refractivity contribution in [3.05, 3.63) is 80.4 Å². The summed E-state index contributed by atoms with van der Waals surface area (Å²) in [5.41, 5.74) is 6.29. The van der Waals surface area contributed by atoms with Gasteiger partial charge < -0.3 is 46.6 Å². The molecule has 19 nitrogen and oxygen atoms in total. The van der Waals surface area contributed by atoms with E-state index in [-0.39, 0.29) is 127 Å². The quantitative estimate of drug-likeness (QED) is 0.0616. The number of carbonyl (C=O) groups excluding carboxylic acids is 1. The van der Waals surface area contributed by atoms with Crippen molar-refractivity contribution < 1.29 is 143 Å². The molecule has 6 aliphatic rings. The molecule has 0 saturated carbocycles. The monoisotopic (exact) mass is 809 g/mol. The third-order valence-corrected chi connectivity index (χ3v) is 9.00. The van der Waals surface area contributed by atoms with Crippen LogP contribution in [0.15, 0.2) is 55.0 Å². The Bertz CT molecular complexity index is 1590. The molecule has 22 heteroatoms. The molecule has 6 aliphatic heterocycles. The van der Waals surface area contributed by atoms with Gasteiger partial charge in [0, 0.05) is 37.8 Å². The number of nitro groups is 2. The number of pyridine rings is 3. The predicted octanol–water partition coefficient (Wildman–Crippen LogP) is -4.45. The number of hydrogen-bond donors (Lipinski definition) is 2. The predicted molar refractivity (Wildman–Crippen MR) is 181 cm³/mol. The van der Waals surface area contributed by atoms with Crippen LogP contribution in [-0.4, -0.2) is 107 Å². The average molecular weight is 810 g/mol. The molecule has 0 amide bonds. The number of nitrogen functional groups attached to an aromatic ring is 1. The zero-order chi connectivity index (χ0) is 36.3. The molecule has 276 valence electrons. The minimum Gasteiger partial charge on any atom is -1.00 e. The number of nitrogens with one attached hydrogen (secondary N) is 1. The Hall–Kier alpha value is -1.52. The van der Waals surface area contributed by atoms with Crippen LogP contribution in [0.25, 0.3) is 0 Å². The number of fused-ring (bicyclic) bond motifs is 6. The van der Waals surface area contributed by atoms with Crippen LogP contribution in [0.1, 0.15) is 20.7 Å². The van der Waals surface area contributed by atoms with Crippen molar-refractivity contribution in [3.63, 3.8) is 0 Å². The van der Waals surface area contributed by atoms with E-state index in [4.69, 9.17) is 41.6 Å². The molecule has 0 radical (unpaired) electrons. The molecule has 3 aromatic rings. The van der Waals surface area contributed by atoms with E-state index in [0.29, 0.717) is 42.1 Å². The van der Waals surface area contributed by atoms with Gasteiger partial charge in [-0.15, -0.1) is 0 Å². The maximum absolute atomic E-state index is 10.5. The number of nitrogens with two attached hydrogens (primary N) is 1. The van der Waals surface area contributed by atoms with E-state index < -0.39 is 9.85 Å². The number of rotatable bonds is 5. The number of ether oxygens (including phenoxy) is 3. The first-order valence-corrected chi connectivity index (χ1v) is 16.4. The molecule has 6 fully saturated rings. The van der Waals surface area contributed by atoms with E-state index in [1.54, 1.807) is 12.3 Å². The summed E-state index contributed by atoms with van der Waals surface area (Å²) in [6.07, 6.45) is 8.85. The minimum absolute atomic E-state index is 0. The topological polar surface area (TPSA) is 247 Å². The molecule has 6 atom stereocenters. The van der Waals surface area contributed by atoms with E-state index in [1.807, 2.05) is 12.1 Å². The molecule has 3 N–H and O–H groups in total. The summed E-state index contributed by atoms with van der Waals surface area (Å²) in [5.74, 6) is 1.83. The van der Waals surface area contributed by atoms with Gasteiger partial charge in [0.1, 0.15) is 29.2 Å². The number of carbonyl (C=O) groups is 1. The fraction of sp³-hybridized carbons (Fsp3) is 0.484. The first kappa shape index (κ1) is 45.9. The Morgan fingerprint density at radius 1 is 0.811 bits per heavy atom. The Kier molecular flexibility index (Phi) is 19.8. The van der Waals surface area contributed by atoms with Crippen molar-refractivity contribution in [2.45, 2.75) is 55.7 Å². The van der Waals surface area contributed by atoms with Crippen molar-refractivity contribution in [2.75, 3.05) is 55.0 Å². The largest absolute Gasteiger partial charge is 1.00 e. The molecule has 6 bridgehead atoms. The zero-order valence-electron chi connectivity index (χ0n) is 30.3. The number of aromatic nitrogens is 3. The molecular weight excluding hydrogens is 772 g/mol. The van der Waals surface area contributed by atoms with Gasteiger partial charge in [-0.2, -0.15) is 0 Å². The summed E-state index contributed by atoms with van der Waals surface area (Å²) in [6, 6.07) is 11.4. The van der Waals surface area contributed by atoms with Crippen LogP contribution >= 0.6 is 11.6 Å². The summed E-state index contributed by atoms with van der Waals surface area (Å²) >= 11 is 5.38. The minimum atomic E-state index is -0.524. The van der Waals surface area contributed by atoms with Gasteiger partial charge in [0.15, 0.2) is 0 Å². The smallest absolute Gasteiger partial charge is 1.00 e. The van der Waals surface area contributed by atoms with Gasteiger partial charge in [0.25, 0.3) is 17.8 Å². The third-order valence-electron chi connectivity index (χ3n) is 8.78. The third kappa shape index (κ3) is 13.6. The molecule has 6 saturated heterocycles. The van der Waals surface area contributed by atoms with Crippen LogP contribution in [0, 0.1) is 20.2 Å². The van der Waals surface area contributed by atoms with Crippen molar-refractivity contribution in [3.8, 4) is 0 Å². The van der Waals surface area contributed by atoms with E-state index in [1.165, 1.54) is 30.8 Å². The second kappa shape index (κ2) is 22.9. The molecule has 0 aliphatic carbocycles. The van der Waals surface area contributed by atoms with Gasteiger partial charge in [0.2, 0.25) is 0 Å². The fourth-order valence-corrected chi connectivity index (χ4v) is 6.46. The Morgan fingerprint density at radius 2 is 1.32 bits per heavy atom. The average Bonchev–Trinajstić information content (AvgIpc) is 4.03.